The Kier molecular flexibility index (Phi) is 2.83. The molecule has 2 aromatic carbocycles. The minimum absolute atomic E-state index is 0.303. The number of ether oxygens (including phenoxy) is 1. The molecule has 1 unspecified atom stereocenters. The fourth-order valence-electron chi connectivity index (χ4n) is 3.53. The maximum atomic E-state index is 5.44. The molecule has 0 amide bonds. The normalized spacial score (nSPS) is 21.9. The topological polar surface area (TPSA) is 21.3 Å². The predicted octanol–water partition coefficient (Wildman–Crippen LogP) is 3.73. The number of fused-ring (bicyclic) bond motifs is 2. The van der Waals surface area contributed by atoms with Crippen LogP contribution in [0.5, 0.6) is 5.75 Å². The van der Waals surface area contributed by atoms with Crippen molar-refractivity contribution in [1.82, 2.24) is 5.32 Å². The van der Waals surface area contributed by atoms with Crippen LogP contribution in [0.4, 0.5) is 0 Å². The Balaban J connectivity index is 1.80. The van der Waals surface area contributed by atoms with Crippen LogP contribution in [0.2, 0.25) is 0 Å². The van der Waals surface area contributed by atoms with Crippen LogP contribution in [0.25, 0.3) is 0 Å². The smallest absolute Gasteiger partial charge is 0.119 e. The molecule has 0 aromatic heterocycles. The number of hydrogen-bond acceptors (Lipinski definition) is 2. The summed E-state index contributed by atoms with van der Waals surface area (Å²) in [5, 5.41) is 3.76. The van der Waals surface area contributed by atoms with Crippen LogP contribution in [0.3, 0.4) is 0 Å². The van der Waals surface area contributed by atoms with E-state index in [1.807, 2.05) is 0 Å². The third-order valence-corrected chi connectivity index (χ3v) is 5.05. The first-order chi connectivity index (χ1) is 10.2. The average molecular weight is 279 g/mol. The van der Waals surface area contributed by atoms with Crippen molar-refractivity contribution in [2.45, 2.75) is 31.2 Å². The van der Waals surface area contributed by atoms with Gasteiger partial charge in [0.25, 0.3) is 0 Å². The summed E-state index contributed by atoms with van der Waals surface area (Å²) in [6, 6.07) is 15.8. The molecule has 1 saturated carbocycles. The SMILES string of the molecule is COc1ccc2c(c1)C1(CC1)CNC2c1ccc(C)cc1. The Morgan fingerprint density at radius 2 is 1.86 bits per heavy atom. The lowest BCUT2D eigenvalue weighted by molar-refractivity contribution is 0.410. The van der Waals surface area contributed by atoms with Crippen molar-refractivity contribution in [3.8, 4) is 5.75 Å². The fraction of sp³-hybridized carbons (Fsp3) is 0.368. The molecule has 1 aliphatic carbocycles. The molecule has 0 radical (unpaired) electrons. The molecule has 0 saturated heterocycles. The largest absolute Gasteiger partial charge is 0.497 e. The summed E-state index contributed by atoms with van der Waals surface area (Å²) in [6.07, 6.45) is 2.58. The van der Waals surface area contributed by atoms with E-state index in [1.54, 1.807) is 7.11 Å². The van der Waals surface area contributed by atoms with Gasteiger partial charge in [-0.15, -0.1) is 0 Å². The van der Waals surface area contributed by atoms with E-state index in [0.29, 0.717) is 11.5 Å². The quantitative estimate of drug-likeness (QED) is 0.904. The first-order valence-electron chi connectivity index (χ1n) is 7.70. The van der Waals surface area contributed by atoms with Gasteiger partial charge in [0.1, 0.15) is 5.75 Å². The second-order valence-corrected chi connectivity index (χ2v) is 6.46. The molecule has 108 valence electrons. The Morgan fingerprint density at radius 1 is 1.10 bits per heavy atom. The maximum Gasteiger partial charge on any atom is 0.119 e. The van der Waals surface area contributed by atoms with Gasteiger partial charge in [-0.1, -0.05) is 35.9 Å². The minimum atomic E-state index is 0.303. The standard InChI is InChI=1S/C19H21NO/c1-13-3-5-14(6-4-13)18-16-8-7-15(21-2)11-17(16)19(9-10-19)12-20-18/h3-8,11,18,20H,9-10,12H2,1-2H3. The van der Waals surface area contributed by atoms with E-state index in [9.17, 15) is 0 Å². The van der Waals surface area contributed by atoms with Crippen LogP contribution >= 0.6 is 0 Å². The molecular formula is C19H21NO. The van der Waals surface area contributed by atoms with Crippen molar-refractivity contribution in [3.63, 3.8) is 0 Å². The molecule has 4 rings (SSSR count). The van der Waals surface area contributed by atoms with Gasteiger partial charge in [-0.3, -0.25) is 0 Å². The Bertz CT molecular complexity index is 670. The molecule has 0 bridgehead atoms. The number of aryl methyl sites for hydroxylation is 1. The molecule has 1 heterocycles. The van der Waals surface area contributed by atoms with Gasteiger partial charge in [-0.05, 0) is 48.6 Å². The van der Waals surface area contributed by atoms with Crippen molar-refractivity contribution in [2.75, 3.05) is 13.7 Å². The first kappa shape index (κ1) is 12.9. The molecule has 2 aliphatic rings. The zero-order valence-corrected chi connectivity index (χ0v) is 12.6. The van der Waals surface area contributed by atoms with E-state index in [1.165, 1.54) is 35.1 Å². The van der Waals surface area contributed by atoms with Gasteiger partial charge >= 0.3 is 0 Å². The third-order valence-electron chi connectivity index (χ3n) is 5.05. The second kappa shape index (κ2) is 4.60. The Morgan fingerprint density at radius 3 is 2.52 bits per heavy atom. The number of nitrogens with one attached hydrogen (secondary N) is 1. The Hall–Kier alpha value is -1.80. The van der Waals surface area contributed by atoms with Gasteiger partial charge in [0.05, 0.1) is 13.2 Å². The van der Waals surface area contributed by atoms with Crippen LogP contribution in [-0.2, 0) is 5.41 Å². The van der Waals surface area contributed by atoms with E-state index in [4.69, 9.17) is 4.74 Å². The van der Waals surface area contributed by atoms with Gasteiger partial charge in [0.15, 0.2) is 0 Å². The van der Waals surface area contributed by atoms with Gasteiger partial charge in [-0.2, -0.15) is 0 Å². The third kappa shape index (κ3) is 2.06. The molecule has 1 spiro atoms. The molecule has 1 N–H and O–H groups in total. The highest BCUT2D eigenvalue weighted by Gasteiger charge is 2.49. The maximum absolute atomic E-state index is 5.44. The summed E-state index contributed by atoms with van der Waals surface area (Å²) < 4.78 is 5.44. The number of methoxy groups -OCH3 is 1. The van der Waals surface area contributed by atoms with Gasteiger partial charge in [0.2, 0.25) is 0 Å². The monoisotopic (exact) mass is 279 g/mol. The van der Waals surface area contributed by atoms with E-state index in [-0.39, 0.29) is 0 Å². The summed E-state index contributed by atoms with van der Waals surface area (Å²) in [7, 11) is 1.75. The first-order valence-corrected chi connectivity index (χ1v) is 7.70. The van der Waals surface area contributed by atoms with E-state index < -0.39 is 0 Å². The van der Waals surface area contributed by atoms with Crippen molar-refractivity contribution < 1.29 is 4.74 Å². The molecule has 2 nitrogen and oxygen atoms in total. The number of benzene rings is 2. The van der Waals surface area contributed by atoms with Crippen molar-refractivity contribution in [2.24, 2.45) is 0 Å². The summed E-state index contributed by atoms with van der Waals surface area (Å²) in [4.78, 5) is 0. The number of rotatable bonds is 2. The lowest BCUT2D eigenvalue weighted by atomic mass is 9.81. The van der Waals surface area contributed by atoms with Crippen molar-refractivity contribution in [3.05, 3.63) is 64.7 Å². The van der Waals surface area contributed by atoms with Gasteiger partial charge < -0.3 is 10.1 Å². The van der Waals surface area contributed by atoms with Crippen molar-refractivity contribution in [1.29, 1.82) is 0 Å². The minimum Gasteiger partial charge on any atom is -0.497 e. The predicted molar refractivity (Wildman–Crippen MR) is 84.9 cm³/mol. The zero-order chi connectivity index (χ0) is 14.4. The molecule has 1 fully saturated rings. The van der Waals surface area contributed by atoms with Crippen molar-refractivity contribution >= 4 is 0 Å². The molecule has 2 aromatic rings. The number of hydrogen-bond donors (Lipinski definition) is 1. The summed E-state index contributed by atoms with van der Waals surface area (Å²) in [6.45, 7) is 3.21. The highest BCUT2D eigenvalue weighted by atomic mass is 16.5. The summed E-state index contributed by atoms with van der Waals surface area (Å²) in [5.41, 5.74) is 5.94. The van der Waals surface area contributed by atoms with Crippen LogP contribution < -0.4 is 10.1 Å². The van der Waals surface area contributed by atoms with Crippen LogP contribution in [0, 0.1) is 6.92 Å². The highest BCUT2D eigenvalue weighted by Crippen LogP contribution is 2.53. The van der Waals surface area contributed by atoms with Crippen LogP contribution in [-0.4, -0.2) is 13.7 Å². The molecule has 1 aliphatic heterocycles. The second-order valence-electron chi connectivity index (χ2n) is 6.46. The van der Waals surface area contributed by atoms with E-state index in [2.05, 4.69) is 54.7 Å². The fourth-order valence-corrected chi connectivity index (χ4v) is 3.53. The lowest BCUT2D eigenvalue weighted by Gasteiger charge is -2.33. The summed E-state index contributed by atoms with van der Waals surface area (Å²) >= 11 is 0. The van der Waals surface area contributed by atoms with E-state index in [0.717, 1.165) is 12.3 Å². The summed E-state index contributed by atoms with van der Waals surface area (Å²) in [5.74, 6) is 0.976. The molecule has 2 heteroatoms. The van der Waals surface area contributed by atoms with Crippen LogP contribution in [0.15, 0.2) is 42.5 Å². The highest BCUT2D eigenvalue weighted by molar-refractivity contribution is 5.50. The molecule has 21 heavy (non-hydrogen) atoms. The lowest BCUT2D eigenvalue weighted by Crippen LogP contribution is -2.37. The zero-order valence-electron chi connectivity index (χ0n) is 12.6. The van der Waals surface area contributed by atoms with Gasteiger partial charge in [0, 0.05) is 12.0 Å². The van der Waals surface area contributed by atoms with E-state index >= 15 is 0 Å². The molecular weight excluding hydrogens is 258 g/mol. The van der Waals surface area contributed by atoms with Gasteiger partial charge in [-0.25, -0.2) is 0 Å². The van der Waals surface area contributed by atoms with Crippen LogP contribution in [0.1, 0.15) is 41.1 Å². The Labute approximate surface area is 126 Å². The molecule has 1 atom stereocenters. The average Bonchev–Trinajstić information content (AvgIpc) is 3.29.